The van der Waals surface area contributed by atoms with E-state index in [1.165, 1.54) is 4.90 Å². The van der Waals surface area contributed by atoms with Crippen LogP contribution >= 0.6 is 0 Å². The van der Waals surface area contributed by atoms with Crippen LogP contribution in [0.2, 0.25) is 0 Å². The van der Waals surface area contributed by atoms with Gasteiger partial charge in [0.2, 0.25) is 11.8 Å². The van der Waals surface area contributed by atoms with Gasteiger partial charge in [0.1, 0.15) is 0 Å². The number of rotatable bonds is 3. The molecule has 1 atom stereocenters. The average Bonchev–Trinajstić information content (AvgIpc) is 3.02. The Hall–Kier alpha value is -2.18. The second-order valence-corrected chi connectivity index (χ2v) is 5.37. The predicted octanol–water partition coefficient (Wildman–Crippen LogP) is 0.927. The van der Waals surface area contributed by atoms with Crippen LogP contribution in [0.25, 0.3) is 5.65 Å². The first kappa shape index (κ1) is 12.8. The Labute approximate surface area is 115 Å². The number of fused-ring (bicyclic) bond motifs is 1. The molecule has 3 rings (SSSR count). The molecule has 1 fully saturated rings. The van der Waals surface area contributed by atoms with Crippen molar-refractivity contribution in [2.75, 3.05) is 6.54 Å². The van der Waals surface area contributed by atoms with Crippen LogP contribution in [0.1, 0.15) is 42.8 Å². The second-order valence-electron chi connectivity index (χ2n) is 5.37. The van der Waals surface area contributed by atoms with E-state index in [1.54, 1.807) is 4.63 Å². The molecule has 106 valence electrons. The highest BCUT2D eigenvalue weighted by molar-refractivity contribution is 6.01. The smallest absolute Gasteiger partial charge is 0.229 e. The van der Waals surface area contributed by atoms with E-state index in [9.17, 15) is 9.59 Å². The molecule has 7 heteroatoms. The zero-order chi connectivity index (χ0) is 14.4. The summed E-state index contributed by atoms with van der Waals surface area (Å²) in [6.07, 6.45) is 0.641. The van der Waals surface area contributed by atoms with Crippen molar-refractivity contribution in [1.29, 1.82) is 0 Å². The molecular formula is C13H17N5O2. The van der Waals surface area contributed by atoms with Crippen molar-refractivity contribution in [3.05, 3.63) is 17.1 Å². The molecule has 0 radical (unpaired) electrons. The highest BCUT2D eigenvalue weighted by Gasteiger charge is 2.31. The number of nitrogens with one attached hydrogen (secondary N) is 1. The van der Waals surface area contributed by atoms with E-state index in [0.29, 0.717) is 25.2 Å². The summed E-state index contributed by atoms with van der Waals surface area (Å²) in [6.45, 7) is 6.23. The first-order valence-corrected chi connectivity index (χ1v) is 6.72. The molecule has 2 amide bonds. The van der Waals surface area contributed by atoms with E-state index in [1.807, 2.05) is 20.8 Å². The Bertz CT molecular complexity index is 683. The number of H-pyrrole nitrogens is 1. The monoisotopic (exact) mass is 275 g/mol. The number of carbonyl (C=O) groups excluding carboxylic acids is 2. The van der Waals surface area contributed by atoms with Crippen molar-refractivity contribution in [3.8, 4) is 0 Å². The number of amides is 2. The van der Waals surface area contributed by atoms with Gasteiger partial charge in [-0.25, -0.2) is 4.98 Å². The molecule has 0 saturated carbocycles. The molecule has 1 aliphatic rings. The minimum atomic E-state index is -0.0985. The van der Waals surface area contributed by atoms with Crippen LogP contribution in [-0.4, -0.2) is 43.1 Å². The van der Waals surface area contributed by atoms with Crippen molar-refractivity contribution in [3.63, 3.8) is 0 Å². The van der Waals surface area contributed by atoms with Crippen LogP contribution in [0.4, 0.5) is 0 Å². The number of hydrogen-bond acceptors (Lipinski definition) is 4. The van der Waals surface area contributed by atoms with Crippen molar-refractivity contribution >= 4 is 17.5 Å². The Morgan fingerprint density at radius 3 is 2.50 bits per heavy atom. The zero-order valence-corrected chi connectivity index (χ0v) is 11.8. The quantitative estimate of drug-likeness (QED) is 0.844. The fraction of sp³-hybridized carbons (Fsp3) is 0.538. The van der Waals surface area contributed by atoms with Gasteiger partial charge in [0.05, 0.1) is 0 Å². The number of aryl methyl sites for hydroxylation is 2. The largest absolute Gasteiger partial charge is 0.282 e. The molecule has 1 saturated heterocycles. The van der Waals surface area contributed by atoms with Crippen LogP contribution < -0.4 is 0 Å². The van der Waals surface area contributed by atoms with Gasteiger partial charge in [-0.2, -0.15) is 4.63 Å². The number of likely N-dealkylation sites (tertiary alicyclic amines) is 1. The first-order chi connectivity index (χ1) is 9.47. The molecule has 2 aromatic rings. The molecule has 7 nitrogen and oxygen atoms in total. The number of nitrogens with zero attached hydrogens (tertiary/aromatic N) is 4. The SMILES string of the molecule is Cc1[nH]n2nc(C(C)CN3C(=O)CCC3=O)nc2c1C. The Morgan fingerprint density at radius 1 is 1.25 bits per heavy atom. The highest BCUT2D eigenvalue weighted by Crippen LogP contribution is 2.20. The van der Waals surface area contributed by atoms with E-state index in [4.69, 9.17) is 0 Å². The van der Waals surface area contributed by atoms with Crippen LogP contribution in [0.3, 0.4) is 0 Å². The van der Waals surface area contributed by atoms with Gasteiger partial charge < -0.3 is 0 Å². The molecule has 0 bridgehead atoms. The summed E-state index contributed by atoms with van der Waals surface area (Å²) < 4.78 is 1.64. The predicted molar refractivity (Wildman–Crippen MR) is 71.2 cm³/mol. The van der Waals surface area contributed by atoms with Gasteiger partial charge in [-0.05, 0) is 13.8 Å². The molecule has 0 aromatic carbocycles. The number of hydrogen-bond donors (Lipinski definition) is 1. The van der Waals surface area contributed by atoms with E-state index in [2.05, 4.69) is 15.2 Å². The summed E-state index contributed by atoms with van der Waals surface area (Å²) in [5.41, 5.74) is 2.89. The van der Waals surface area contributed by atoms with Gasteiger partial charge in [-0.3, -0.25) is 19.6 Å². The molecule has 1 aliphatic heterocycles. The van der Waals surface area contributed by atoms with Crippen molar-refractivity contribution in [2.24, 2.45) is 0 Å². The summed E-state index contributed by atoms with van der Waals surface area (Å²) in [5.74, 6) is 0.373. The van der Waals surface area contributed by atoms with Crippen molar-refractivity contribution in [2.45, 2.75) is 39.5 Å². The minimum Gasteiger partial charge on any atom is -0.282 e. The molecule has 1 unspecified atom stereocenters. The summed E-state index contributed by atoms with van der Waals surface area (Å²) in [6, 6.07) is 0. The molecule has 1 N–H and O–H groups in total. The van der Waals surface area contributed by atoms with Crippen molar-refractivity contribution < 1.29 is 9.59 Å². The molecular weight excluding hydrogens is 258 g/mol. The zero-order valence-electron chi connectivity index (χ0n) is 11.8. The number of aromatic nitrogens is 4. The van der Waals surface area contributed by atoms with Gasteiger partial charge in [-0.1, -0.05) is 6.92 Å². The standard InChI is InChI=1S/C13H17N5O2/c1-7(6-17-10(19)4-5-11(17)20)12-14-13-8(2)9(3)15-18(13)16-12/h7,15H,4-6H2,1-3H3. The molecule has 0 aliphatic carbocycles. The first-order valence-electron chi connectivity index (χ1n) is 6.72. The highest BCUT2D eigenvalue weighted by atomic mass is 16.2. The third-order valence-electron chi connectivity index (χ3n) is 3.85. The third kappa shape index (κ3) is 1.90. The van der Waals surface area contributed by atoms with E-state index in [-0.39, 0.29) is 17.7 Å². The minimum absolute atomic E-state index is 0.0750. The van der Waals surface area contributed by atoms with Crippen molar-refractivity contribution in [1.82, 2.24) is 24.7 Å². The van der Waals surface area contributed by atoms with E-state index >= 15 is 0 Å². The summed E-state index contributed by atoms with van der Waals surface area (Å²) in [5, 5.41) is 7.50. The summed E-state index contributed by atoms with van der Waals surface area (Å²) in [4.78, 5) is 29.1. The summed E-state index contributed by atoms with van der Waals surface area (Å²) >= 11 is 0. The van der Waals surface area contributed by atoms with Gasteiger partial charge in [0.25, 0.3) is 0 Å². The normalized spacial score (nSPS) is 17.4. The lowest BCUT2D eigenvalue weighted by molar-refractivity contribution is -0.138. The van der Waals surface area contributed by atoms with Gasteiger partial charge in [0, 0.05) is 36.6 Å². The lowest BCUT2D eigenvalue weighted by Gasteiger charge is -2.16. The number of aromatic amines is 1. The number of imide groups is 1. The molecule has 3 heterocycles. The van der Waals surface area contributed by atoms with Gasteiger partial charge in [0.15, 0.2) is 11.5 Å². The molecule has 0 spiro atoms. The van der Waals surface area contributed by atoms with Crippen LogP contribution in [0, 0.1) is 13.8 Å². The fourth-order valence-corrected chi connectivity index (χ4v) is 2.45. The van der Waals surface area contributed by atoms with Gasteiger partial charge in [-0.15, -0.1) is 5.10 Å². The van der Waals surface area contributed by atoms with E-state index < -0.39 is 0 Å². The van der Waals surface area contributed by atoms with Gasteiger partial charge >= 0.3 is 0 Å². The maximum atomic E-state index is 11.6. The van der Waals surface area contributed by atoms with Crippen LogP contribution in [-0.2, 0) is 9.59 Å². The lowest BCUT2D eigenvalue weighted by atomic mass is 10.1. The fourth-order valence-electron chi connectivity index (χ4n) is 2.45. The summed E-state index contributed by atoms with van der Waals surface area (Å²) in [7, 11) is 0. The second kappa shape index (κ2) is 4.43. The molecule has 2 aromatic heterocycles. The Balaban J connectivity index is 1.83. The maximum absolute atomic E-state index is 11.6. The Kier molecular flexibility index (Phi) is 2.84. The molecule has 20 heavy (non-hydrogen) atoms. The van der Waals surface area contributed by atoms with E-state index in [0.717, 1.165) is 16.9 Å². The van der Waals surface area contributed by atoms with Crippen LogP contribution in [0.15, 0.2) is 0 Å². The number of carbonyl (C=O) groups is 2. The topological polar surface area (TPSA) is 83.4 Å². The lowest BCUT2D eigenvalue weighted by Crippen LogP contribution is -2.32. The maximum Gasteiger partial charge on any atom is 0.229 e. The Morgan fingerprint density at radius 2 is 1.90 bits per heavy atom. The average molecular weight is 275 g/mol. The third-order valence-corrected chi connectivity index (χ3v) is 3.85. The van der Waals surface area contributed by atoms with Crippen LogP contribution in [0.5, 0.6) is 0 Å².